The zero-order chi connectivity index (χ0) is 17.1. The van der Waals surface area contributed by atoms with Gasteiger partial charge in [0.25, 0.3) is 0 Å². The van der Waals surface area contributed by atoms with Gasteiger partial charge in [-0.15, -0.1) is 16.4 Å². The number of tetrazole rings is 1. The maximum Gasteiger partial charge on any atom is 0.244 e. The number of piperazine rings is 1. The number of aromatic nitrogens is 4. The minimum absolute atomic E-state index is 0.0486. The number of rotatable bonds is 4. The van der Waals surface area contributed by atoms with Crippen LogP contribution in [0.2, 0.25) is 4.34 Å². The first-order valence-corrected chi connectivity index (χ1v) is 8.76. The summed E-state index contributed by atoms with van der Waals surface area (Å²) < 4.78 is 2.07. The maximum absolute atomic E-state index is 12.6. The molecule has 2 aromatic heterocycles. The number of hydrogen-bond acceptors (Lipinski definition) is 6. The van der Waals surface area contributed by atoms with Crippen molar-refractivity contribution in [3.8, 4) is 0 Å². The van der Waals surface area contributed by atoms with Gasteiger partial charge in [-0.2, -0.15) is 0 Å². The van der Waals surface area contributed by atoms with Gasteiger partial charge in [0.1, 0.15) is 12.9 Å². The van der Waals surface area contributed by atoms with Crippen LogP contribution in [-0.2, 0) is 16.1 Å². The molecule has 0 aromatic carbocycles. The van der Waals surface area contributed by atoms with E-state index in [1.165, 1.54) is 22.3 Å². The minimum atomic E-state index is -0.217. The Balaban J connectivity index is 1.52. The lowest BCUT2D eigenvalue weighted by atomic mass is 10.1. The molecule has 0 aliphatic carbocycles. The van der Waals surface area contributed by atoms with Crippen molar-refractivity contribution in [1.82, 2.24) is 30.0 Å². The van der Waals surface area contributed by atoms with E-state index in [2.05, 4.69) is 15.5 Å². The van der Waals surface area contributed by atoms with E-state index in [1.807, 2.05) is 13.0 Å². The largest absolute Gasteiger partial charge is 0.339 e. The monoisotopic (exact) mass is 368 g/mol. The zero-order valence-corrected chi connectivity index (χ0v) is 14.7. The number of carbonyl (C=O) groups excluding carboxylic acids is 2. The SMILES string of the molecule is CC(C(=O)N1CCN(C(=O)Cn2cnnn2)CC1)c1ccc(Cl)s1. The van der Waals surface area contributed by atoms with Crippen molar-refractivity contribution >= 4 is 34.8 Å². The maximum atomic E-state index is 12.6. The highest BCUT2D eigenvalue weighted by Gasteiger charge is 2.28. The number of halogens is 1. The number of carbonyl (C=O) groups is 2. The first-order chi connectivity index (χ1) is 11.5. The zero-order valence-electron chi connectivity index (χ0n) is 13.1. The van der Waals surface area contributed by atoms with E-state index in [-0.39, 0.29) is 24.3 Å². The molecule has 10 heteroatoms. The third-order valence-corrected chi connectivity index (χ3v) is 5.44. The van der Waals surface area contributed by atoms with Crippen LogP contribution in [-0.4, -0.2) is 68.0 Å². The average Bonchev–Trinajstić information content (AvgIpc) is 3.25. The molecule has 0 bridgehead atoms. The summed E-state index contributed by atoms with van der Waals surface area (Å²) in [4.78, 5) is 29.3. The van der Waals surface area contributed by atoms with Crippen LogP contribution >= 0.6 is 22.9 Å². The van der Waals surface area contributed by atoms with E-state index in [4.69, 9.17) is 11.6 Å². The number of hydrogen-bond donors (Lipinski definition) is 0. The smallest absolute Gasteiger partial charge is 0.244 e. The quantitative estimate of drug-likeness (QED) is 0.799. The third kappa shape index (κ3) is 3.73. The fourth-order valence-electron chi connectivity index (χ4n) is 2.62. The van der Waals surface area contributed by atoms with Crippen molar-refractivity contribution in [2.75, 3.05) is 26.2 Å². The second-order valence-electron chi connectivity index (χ2n) is 5.58. The van der Waals surface area contributed by atoms with Crippen LogP contribution < -0.4 is 0 Å². The summed E-state index contributed by atoms with van der Waals surface area (Å²) in [5.41, 5.74) is 0. The first-order valence-electron chi connectivity index (χ1n) is 7.57. The van der Waals surface area contributed by atoms with Crippen molar-refractivity contribution < 1.29 is 9.59 Å². The van der Waals surface area contributed by atoms with Crippen LogP contribution in [0, 0.1) is 0 Å². The molecule has 2 amide bonds. The molecule has 8 nitrogen and oxygen atoms in total. The van der Waals surface area contributed by atoms with Gasteiger partial charge in [0, 0.05) is 31.1 Å². The van der Waals surface area contributed by atoms with Gasteiger partial charge in [0.05, 0.1) is 10.3 Å². The summed E-state index contributed by atoms with van der Waals surface area (Å²) in [6.07, 6.45) is 1.41. The Hall–Kier alpha value is -2.00. The molecule has 3 heterocycles. The Morgan fingerprint density at radius 1 is 1.25 bits per heavy atom. The van der Waals surface area contributed by atoms with Crippen molar-refractivity contribution in [2.45, 2.75) is 19.4 Å². The number of amides is 2. The molecule has 0 spiro atoms. The molecule has 1 fully saturated rings. The summed E-state index contributed by atoms with van der Waals surface area (Å²) in [5.74, 6) is -0.195. The first kappa shape index (κ1) is 16.8. The molecule has 0 radical (unpaired) electrons. The van der Waals surface area contributed by atoms with Gasteiger partial charge < -0.3 is 9.80 Å². The van der Waals surface area contributed by atoms with Crippen LogP contribution in [0.5, 0.6) is 0 Å². The summed E-state index contributed by atoms with van der Waals surface area (Å²) >= 11 is 7.37. The van der Waals surface area contributed by atoms with Crippen molar-refractivity contribution in [3.63, 3.8) is 0 Å². The van der Waals surface area contributed by atoms with E-state index in [1.54, 1.807) is 15.9 Å². The average molecular weight is 369 g/mol. The summed E-state index contributed by atoms with van der Waals surface area (Å²) in [5, 5.41) is 10.7. The number of thiophene rings is 1. The van der Waals surface area contributed by atoms with Crippen LogP contribution in [0.3, 0.4) is 0 Å². The molecule has 128 valence electrons. The van der Waals surface area contributed by atoms with Gasteiger partial charge in [-0.25, -0.2) is 4.68 Å². The molecular weight excluding hydrogens is 352 g/mol. The summed E-state index contributed by atoms with van der Waals surface area (Å²) in [6.45, 7) is 4.10. The van der Waals surface area contributed by atoms with Crippen molar-refractivity contribution in [1.29, 1.82) is 0 Å². The van der Waals surface area contributed by atoms with Gasteiger partial charge in [0.15, 0.2) is 0 Å². The molecule has 1 aliphatic rings. The summed E-state index contributed by atoms with van der Waals surface area (Å²) in [6, 6.07) is 3.70. The standard InChI is InChI=1S/C14H17ClN6O2S/c1-10(11-2-3-12(15)24-11)14(23)20-6-4-19(5-7-20)13(22)8-21-9-16-17-18-21/h2-3,9-10H,4-8H2,1H3. The topological polar surface area (TPSA) is 84.2 Å². The fraction of sp³-hybridized carbons (Fsp3) is 0.500. The molecule has 1 aliphatic heterocycles. The molecule has 1 unspecified atom stereocenters. The summed E-state index contributed by atoms with van der Waals surface area (Å²) in [7, 11) is 0. The predicted octanol–water partition coefficient (Wildman–Crippen LogP) is 0.863. The predicted molar refractivity (Wildman–Crippen MR) is 88.7 cm³/mol. The molecular formula is C14H17ClN6O2S. The van der Waals surface area contributed by atoms with Gasteiger partial charge >= 0.3 is 0 Å². The van der Waals surface area contributed by atoms with Gasteiger partial charge in [0.2, 0.25) is 11.8 Å². The van der Waals surface area contributed by atoms with Crippen molar-refractivity contribution in [2.24, 2.45) is 0 Å². The Morgan fingerprint density at radius 2 is 1.96 bits per heavy atom. The van der Waals surface area contributed by atoms with E-state index in [0.717, 1.165) is 4.88 Å². The van der Waals surface area contributed by atoms with E-state index < -0.39 is 0 Å². The lowest BCUT2D eigenvalue weighted by Crippen LogP contribution is -2.52. The van der Waals surface area contributed by atoms with Gasteiger partial charge in [-0.1, -0.05) is 11.6 Å². The van der Waals surface area contributed by atoms with Crippen LogP contribution in [0.25, 0.3) is 0 Å². The molecule has 3 rings (SSSR count). The molecule has 0 N–H and O–H groups in total. The van der Waals surface area contributed by atoms with Gasteiger partial charge in [-0.3, -0.25) is 9.59 Å². The lowest BCUT2D eigenvalue weighted by molar-refractivity contribution is -0.140. The molecule has 0 saturated carbocycles. The van der Waals surface area contributed by atoms with Crippen LogP contribution in [0.15, 0.2) is 18.5 Å². The Morgan fingerprint density at radius 3 is 2.54 bits per heavy atom. The number of nitrogens with zero attached hydrogens (tertiary/aromatic N) is 6. The van der Waals surface area contributed by atoms with Crippen LogP contribution in [0.4, 0.5) is 0 Å². The third-order valence-electron chi connectivity index (χ3n) is 4.02. The second kappa shape index (κ2) is 7.27. The second-order valence-corrected chi connectivity index (χ2v) is 7.32. The van der Waals surface area contributed by atoms with E-state index in [9.17, 15) is 9.59 Å². The van der Waals surface area contributed by atoms with Crippen molar-refractivity contribution in [3.05, 3.63) is 27.7 Å². The Bertz CT molecular complexity index is 711. The van der Waals surface area contributed by atoms with E-state index >= 15 is 0 Å². The fourth-order valence-corrected chi connectivity index (χ4v) is 3.73. The molecule has 24 heavy (non-hydrogen) atoms. The highest BCUT2D eigenvalue weighted by Crippen LogP contribution is 2.29. The lowest BCUT2D eigenvalue weighted by Gasteiger charge is -2.35. The Kier molecular flexibility index (Phi) is 5.10. The highest BCUT2D eigenvalue weighted by molar-refractivity contribution is 7.16. The van der Waals surface area contributed by atoms with Crippen LogP contribution in [0.1, 0.15) is 17.7 Å². The van der Waals surface area contributed by atoms with E-state index in [0.29, 0.717) is 30.5 Å². The molecule has 2 aromatic rings. The minimum Gasteiger partial charge on any atom is -0.339 e. The van der Waals surface area contributed by atoms with Gasteiger partial charge in [-0.05, 0) is 29.5 Å². The molecule has 1 atom stereocenters. The molecule has 1 saturated heterocycles. The Labute approximate surface area is 148 Å². The normalized spacial score (nSPS) is 16.2. The highest BCUT2D eigenvalue weighted by atomic mass is 35.5.